The largest absolute Gasteiger partial charge is 0.388 e. The maximum absolute atomic E-state index is 12.1. The summed E-state index contributed by atoms with van der Waals surface area (Å²) in [5.74, 6) is 0.190. The Morgan fingerprint density at radius 3 is 2.65 bits per heavy atom. The van der Waals surface area contributed by atoms with Gasteiger partial charge in [0.2, 0.25) is 0 Å². The first kappa shape index (κ1) is 14.7. The summed E-state index contributed by atoms with van der Waals surface area (Å²) < 4.78 is 5.17. The Labute approximate surface area is 121 Å². The molecule has 0 bridgehead atoms. The molecular formula is C14H18N2O3S. The number of amides is 1. The number of hydrogen-bond donors (Lipinski definition) is 2. The second-order valence-electron chi connectivity index (χ2n) is 5.69. The molecular weight excluding hydrogens is 276 g/mol. The van der Waals surface area contributed by atoms with Gasteiger partial charge in [-0.25, -0.2) is 0 Å². The minimum Gasteiger partial charge on any atom is -0.388 e. The zero-order chi connectivity index (χ0) is 15.0. The molecule has 0 fully saturated rings. The van der Waals surface area contributed by atoms with Crippen LogP contribution in [0.4, 0.5) is 0 Å². The molecule has 20 heavy (non-hydrogen) atoms. The molecule has 2 heterocycles. The number of aliphatic hydroxyl groups is 1. The van der Waals surface area contributed by atoms with Crippen LogP contribution in [-0.2, 0) is 0 Å². The van der Waals surface area contributed by atoms with Crippen LogP contribution in [0.2, 0.25) is 0 Å². The normalized spacial score (nSPS) is 12.4. The Hall–Kier alpha value is -1.66. The molecule has 0 aliphatic heterocycles. The number of carbonyl (C=O) groups excluding carboxylic acids is 1. The molecule has 1 amide bonds. The second kappa shape index (κ2) is 5.03. The predicted octanol–water partition coefficient (Wildman–Crippen LogP) is 2.68. The van der Waals surface area contributed by atoms with Gasteiger partial charge in [0.15, 0.2) is 11.5 Å². The topological polar surface area (TPSA) is 75.4 Å². The third kappa shape index (κ3) is 2.91. The van der Waals surface area contributed by atoms with Crippen LogP contribution in [0.25, 0.3) is 10.6 Å². The van der Waals surface area contributed by atoms with Crippen molar-refractivity contribution < 1.29 is 14.4 Å². The van der Waals surface area contributed by atoms with Crippen LogP contribution in [0.3, 0.4) is 0 Å². The van der Waals surface area contributed by atoms with Gasteiger partial charge in [-0.3, -0.25) is 4.79 Å². The van der Waals surface area contributed by atoms with Crippen molar-refractivity contribution in [3.8, 4) is 10.6 Å². The number of nitrogens with one attached hydrogen (secondary N) is 1. The van der Waals surface area contributed by atoms with Crippen LogP contribution in [0.1, 0.15) is 38.2 Å². The van der Waals surface area contributed by atoms with Crippen LogP contribution >= 0.6 is 11.3 Å². The second-order valence-corrected chi connectivity index (χ2v) is 6.64. The summed E-state index contributed by atoms with van der Waals surface area (Å²) in [5.41, 5.74) is -1.64. The summed E-state index contributed by atoms with van der Waals surface area (Å²) in [5, 5.41) is 18.5. The molecule has 6 heteroatoms. The van der Waals surface area contributed by atoms with Gasteiger partial charge in [0.1, 0.15) is 0 Å². The van der Waals surface area contributed by atoms with E-state index in [1.807, 2.05) is 17.5 Å². The fourth-order valence-electron chi connectivity index (χ4n) is 1.42. The number of thiophene rings is 1. The molecule has 0 aliphatic rings. The molecule has 0 radical (unpaired) electrons. The van der Waals surface area contributed by atoms with Crippen molar-refractivity contribution in [2.75, 3.05) is 0 Å². The SMILES string of the molecule is CC(C)(O)C(C)(C)NC(=O)c1cc(-c2cccs2)on1. The Morgan fingerprint density at radius 2 is 2.10 bits per heavy atom. The lowest BCUT2D eigenvalue weighted by Crippen LogP contribution is -2.57. The van der Waals surface area contributed by atoms with Crippen molar-refractivity contribution in [1.82, 2.24) is 10.5 Å². The van der Waals surface area contributed by atoms with Gasteiger partial charge in [-0.2, -0.15) is 0 Å². The fraction of sp³-hybridized carbons (Fsp3) is 0.429. The van der Waals surface area contributed by atoms with E-state index < -0.39 is 11.1 Å². The van der Waals surface area contributed by atoms with Crippen LogP contribution in [0.5, 0.6) is 0 Å². The lowest BCUT2D eigenvalue weighted by Gasteiger charge is -2.37. The van der Waals surface area contributed by atoms with Crippen molar-refractivity contribution in [3.05, 3.63) is 29.3 Å². The Morgan fingerprint density at radius 1 is 1.40 bits per heavy atom. The first-order chi connectivity index (χ1) is 9.21. The fourth-order valence-corrected chi connectivity index (χ4v) is 2.09. The molecule has 0 aromatic carbocycles. The number of rotatable bonds is 4. The molecule has 0 saturated carbocycles. The highest BCUT2D eigenvalue weighted by Crippen LogP contribution is 2.26. The molecule has 0 spiro atoms. The van der Waals surface area contributed by atoms with Crippen molar-refractivity contribution in [3.63, 3.8) is 0 Å². The van der Waals surface area contributed by atoms with Crippen LogP contribution < -0.4 is 5.32 Å². The molecule has 5 nitrogen and oxygen atoms in total. The molecule has 2 N–H and O–H groups in total. The van der Waals surface area contributed by atoms with E-state index in [2.05, 4.69) is 10.5 Å². The quantitative estimate of drug-likeness (QED) is 0.909. The molecule has 2 aromatic rings. The minimum atomic E-state index is -1.05. The summed E-state index contributed by atoms with van der Waals surface area (Å²) in [4.78, 5) is 13.1. The highest BCUT2D eigenvalue weighted by Gasteiger charge is 2.37. The number of hydrogen-bond acceptors (Lipinski definition) is 5. The summed E-state index contributed by atoms with van der Waals surface area (Å²) >= 11 is 1.51. The first-order valence-corrected chi connectivity index (χ1v) is 7.14. The Kier molecular flexibility index (Phi) is 3.71. The van der Waals surface area contributed by atoms with Gasteiger partial charge < -0.3 is 14.9 Å². The standard InChI is InChI=1S/C14H18N2O3S/c1-13(2,14(3,4)18)15-12(17)9-8-10(19-16-9)11-6-5-7-20-11/h5-8,18H,1-4H3,(H,15,17). The monoisotopic (exact) mass is 294 g/mol. The maximum atomic E-state index is 12.1. The summed E-state index contributed by atoms with van der Waals surface area (Å²) in [6.45, 7) is 6.80. The van der Waals surface area contributed by atoms with Gasteiger partial charge in [0.05, 0.1) is 16.0 Å². The van der Waals surface area contributed by atoms with Gasteiger partial charge in [0.25, 0.3) is 5.91 Å². The summed E-state index contributed by atoms with van der Waals surface area (Å²) in [7, 11) is 0. The van der Waals surface area contributed by atoms with Crippen LogP contribution in [0, 0.1) is 0 Å². The van der Waals surface area contributed by atoms with Gasteiger partial charge in [-0.05, 0) is 39.1 Å². The third-order valence-electron chi connectivity index (χ3n) is 3.46. The van der Waals surface area contributed by atoms with Gasteiger partial charge in [-0.1, -0.05) is 11.2 Å². The van der Waals surface area contributed by atoms with E-state index in [4.69, 9.17) is 4.52 Å². The third-order valence-corrected chi connectivity index (χ3v) is 4.35. The smallest absolute Gasteiger partial charge is 0.273 e. The summed E-state index contributed by atoms with van der Waals surface area (Å²) in [6.07, 6.45) is 0. The van der Waals surface area contributed by atoms with E-state index in [1.54, 1.807) is 33.8 Å². The number of carbonyl (C=O) groups is 1. The zero-order valence-electron chi connectivity index (χ0n) is 11.9. The molecule has 2 aromatic heterocycles. The van der Waals surface area contributed by atoms with Crippen molar-refractivity contribution in [1.29, 1.82) is 0 Å². The zero-order valence-corrected chi connectivity index (χ0v) is 12.7. The van der Waals surface area contributed by atoms with Crippen molar-refractivity contribution in [2.45, 2.75) is 38.8 Å². The molecule has 0 aliphatic carbocycles. The van der Waals surface area contributed by atoms with Crippen LogP contribution in [0.15, 0.2) is 28.1 Å². The average Bonchev–Trinajstić information content (AvgIpc) is 2.98. The Balaban J connectivity index is 2.15. The van der Waals surface area contributed by atoms with Crippen molar-refractivity contribution >= 4 is 17.2 Å². The van der Waals surface area contributed by atoms with E-state index in [1.165, 1.54) is 11.3 Å². The van der Waals surface area contributed by atoms with Gasteiger partial charge in [0, 0.05) is 6.07 Å². The lowest BCUT2D eigenvalue weighted by molar-refractivity contribution is -0.00308. The Bertz CT molecular complexity index is 594. The van der Waals surface area contributed by atoms with Gasteiger partial charge >= 0.3 is 0 Å². The van der Waals surface area contributed by atoms with E-state index in [0.29, 0.717) is 5.76 Å². The summed E-state index contributed by atoms with van der Waals surface area (Å²) in [6, 6.07) is 5.40. The van der Waals surface area contributed by atoms with Gasteiger partial charge in [-0.15, -0.1) is 11.3 Å². The maximum Gasteiger partial charge on any atom is 0.273 e. The number of aromatic nitrogens is 1. The average molecular weight is 294 g/mol. The predicted molar refractivity (Wildman–Crippen MR) is 77.7 cm³/mol. The van der Waals surface area contributed by atoms with E-state index >= 15 is 0 Å². The minimum absolute atomic E-state index is 0.200. The van der Waals surface area contributed by atoms with Crippen molar-refractivity contribution in [2.24, 2.45) is 0 Å². The molecule has 0 saturated heterocycles. The lowest BCUT2D eigenvalue weighted by atomic mass is 9.86. The van der Waals surface area contributed by atoms with E-state index in [9.17, 15) is 9.90 Å². The van der Waals surface area contributed by atoms with Crippen LogP contribution in [-0.4, -0.2) is 27.3 Å². The highest BCUT2D eigenvalue weighted by molar-refractivity contribution is 7.13. The molecule has 0 atom stereocenters. The molecule has 0 unspecified atom stereocenters. The number of nitrogens with zero attached hydrogens (tertiary/aromatic N) is 1. The highest BCUT2D eigenvalue weighted by atomic mass is 32.1. The van der Waals surface area contributed by atoms with E-state index in [0.717, 1.165) is 4.88 Å². The molecule has 108 valence electrons. The molecule has 2 rings (SSSR count). The van der Waals surface area contributed by atoms with E-state index in [-0.39, 0.29) is 11.6 Å². The first-order valence-electron chi connectivity index (χ1n) is 6.26.